The average Bonchev–Trinajstić information content (AvgIpc) is 2.56. The van der Waals surface area contributed by atoms with E-state index < -0.39 is 0 Å². The summed E-state index contributed by atoms with van der Waals surface area (Å²) in [6, 6.07) is 21.0. The smallest absolute Gasteiger partial charge is 0.0720 e. The quantitative estimate of drug-likeness (QED) is 0.606. The molecular weight excluding hydrogens is 296 g/mol. The third kappa shape index (κ3) is 2.63. The molecule has 1 fully saturated rings. The van der Waals surface area contributed by atoms with Gasteiger partial charge in [-0.2, -0.15) is 0 Å². The van der Waals surface area contributed by atoms with Crippen molar-refractivity contribution in [3.8, 4) is 0 Å². The van der Waals surface area contributed by atoms with E-state index in [1.165, 1.54) is 11.1 Å². The first-order chi connectivity index (χ1) is 11.4. The van der Waals surface area contributed by atoms with E-state index in [4.69, 9.17) is 0 Å². The van der Waals surface area contributed by atoms with Crippen LogP contribution in [0.25, 0.3) is 0 Å². The average molecular weight is 322 g/mol. The lowest BCUT2D eigenvalue weighted by molar-refractivity contribution is 0.167. The molecule has 2 unspecified atom stereocenters. The molecule has 3 heteroatoms. The summed E-state index contributed by atoms with van der Waals surface area (Å²) < 4.78 is 0. The van der Waals surface area contributed by atoms with Gasteiger partial charge in [0.05, 0.1) is 5.71 Å². The summed E-state index contributed by atoms with van der Waals surface area (Å²) in [4.78, 5) is 0. The summed E-state index contributed by atoms with van der Waals surface area (Å²) in [5.74, 6) is 0. The third-order valence-electron chi connectivity index (χ3n) is 5.36. The standard InChI is InChI=1S/C21H26N2O/c1-20(2)17(15-11-7-5-8-12-15)22-18(16-13-9-6-10-14-16)21(3,4)19(20)23-24/h5-14,17-18,22,24H,1-4H3. The van der Waals surface area contributed by atoms with Crippen LogP contribution in [0.1, 0.15) is 50.9 Å². The van der Waals surface area contributed by atoms with Gasteiger partial charge in [-0.25, -0.2) is 0 Å². The second-order valence-electron chi connectivity index (χ2n) is 7.75. The van der Waals surface area contributed by atoms with E-state index in [1.54, 1.807) is 0 Å². The Morgan fingerprint density at radius 1 is 0.750 bits per heavy atom. The Hall–Kier alpha value is -2.13. The highest BCUT2D eigenvalue weighted by Gasteiger charge is 2.52. The molecule has 2 N–H and O–H groups in total. The fraction of sp³-hybridized carbons (Fsp3) is 0.381. The highest BCUT2D eigenvalue weighted by Crippen LogP contribution is 2.51. The molecule has 0 saturated carbocycles. The van der Waals surface area contributed by atoms with E-state index >= 15 is 0 Å². The lowest BCUT2D eigenvalue weighted by atomic mass is 9.60. The second kappa shape index (κ2) is 6.06. The van der Waals surface area contributed by atoms with Crippen LogP contribution in [0.15, 0.2) is 65.8 Å². The van der Waals surface area contributed by atoms with Crippen molar-refractivity contribution in [3.05, 3.63) is 71.8 Å². The summed E-state index contributed by atoms with van der Waals surface area (Å²) in [6.07, 6.45) is 0. The van der Waals surface area contributed by atoms with Crippen molar-refractivity contribution >= 4 is 5.71 Å². The molecule has 3 rings (SSSR count). The van der Waals surface area contributed by atoms with Crippen LogP contribution in [0.4, 0.5) is 0 Å². The van der Waals surface area contributed by atoms with Gasteiger partial charge < -0.3 is 10.5 Å². The Bertz CT molecular complexity index is 661. The molecule has 1 aliphatic heterocycles. The van der Waals surface area contributed by atoms with E-state index in [9.17, 15) is 5.21 Å². The maximum absolute atomic E-state index is 9.85. The van der Waals surface area contributed by atoms with Crippen LogP contribution >= 0.6 is 0 Å². The summed E-state index contributed by atoms with van der Waals surface area (Å²) in [7, 11) is 0. The highest BCUT2D eigenvalue weighted by molar-refractivity contribution is 5.96. The second-order valence-corrected chi connectivity index (χ2v) is 7.75. The molecule has 24 heavy (non-hydrogen) atoms. The van der Waals surface area contributed by atoms with Crippen LogP contribution in [0.2, 0.25) is 0 Å². The first-order valence-corrected chi connectivity index (χ1v) is 8.48. The largest absolute Gasteiger partial charge is 0.411 e. The van der Waals surface area contributed by atoms with Crippen LogP contribution in [-0.4, -0.2) is 10.9 Å². The van der Waals surface area contributed by atoms with Crippen LogP contribution in [0.5, 0.6) is 0 Å². The van der Waals surface area contributed by atoms with Crippen molar-refractivity contribution in [1.82, 2.24) is 5.32 Å². The van der Waals surface area contributed by atoms with Gasteiger partial charge in [0.1, 0.15) is 0 Å². The number of rotatable bonds is 2. The topological polar surface area (TPSA) is 44.6 Å². The minimum Gasteiger partial charge on any atom is -0.411 e. The van der Waals surface area contributed by atoms with Crippen molar-refractivity contribution < 1.29 is 5.21 Å². The number of nitrogens with zero attached hydrogens (tertiary/aromatic N) is 1. The third-order valence-corrected chi connectivity index (χ3v) is 5.36. The van der Waals surface area contributed by atoms with Crippen LogP contribution in [0.3, 0.4) is 0 Å². The van der Waals surface area contributed by atoms with Crippen molar-refractivity contribution in [2.75, 3.05) is 0 Å². The summed E-state index contributed by atoms with van der Waals surface area (Å²) in [5, 5.41) is 17.5. The lowest BCUT2D eigenvalue weighted by Crippen LogP contribution is -2.57. The molecule has 126 valence electrons. The minimum absolute atomic E-state index is 0.0721. The molecule has 1 saturated heterocycles. The van der Waals surface area contributed by atoms with Gasteiger partial charge in [0.2, 0.25) is 0 Å². The van der Waals surface area contributed by atoms with E-state index in [1.807, 2.05) is 12.1 Å². The maximum Gasteiger partial charge on any atom is 0.0720 e. The Kier molecular flexibility index (Phi) is 4.22. The first-order valence-electron chi connectivity index (χ1n) is 8.48. The van der Waals surface area contributed by atoms with Crippen molar-refractivity contribution in [2.24, 2.45) is 16.0 Å². The molecule has 2 atom stereocenters. The molecule has 0 amide bonds. The number of benzene rings is 2. The lowest BCUT2D eigenvalue weighted by Gasteiger charge is -2.52. The molecule has 2 aromatic carbocycles. The van der Waals surface area contributed by atoms with Crippen molar-refractivity contribution in [1.29, 1.82) is 0 Å². The molecule has 2 aromatic rings. The number of piperidine rings is 1. The van der Waals surface area contributed by atoms with Crippen molar-refractivity contribution in [2.45, 2.75) is 39.8 Å². The SMILES string of the molecule is CC1(C)C(=NO)C(C)(C)C(c2ccccc2)NC1c1ccccc1. The molecule has 1 aliphatic rings. The predicted octanol–water partition coefficient (Wildman–Crippen LogP) is 4.95. The molecule has 0 bridgehead atoms. The van der Waals surface area contributed by atoms with Crippen LogP contribution in [0, 0.1) is 10.8 Å². The van der Waals surface area contributed by atoms with E-state index in [0.717, 1.165) is 5.71 Å². The number of hydrogen-bond donors (Lipinski definition) is 2. The monoisotopic (exact) mass is 322 g/mol. The number of hydrogen-bond acceptors (Lipinski definition) is 3. The fourth-order valence-electron chi connectivity index (χ4n) is 4.26. The van der Waals surface area contributed by atoms with Gasteiger partial charge in [-0.3, -0.25) is 0 Å². The molecular formula is C21H26N2O. The minimum atomic E-state index is -0.301. The van der Waals surface area contributed by atoms with Gasteiger partial charge >= 0.3 is 0 Å². The van der Waals surface area contributed by atoms with Gasteiger partial charge in [-0.15, -0.1) is 0 Å². The summed E-state index contributed by atoms with van der Waals surface area (Å²) >= 11 is 0. The van der Waals surface area contributed by atoms with E-state index in [-0.39, 0.29) is 22.9 Å². The molecule has 0 aliphatic carbocycles. The maximum atomic E-state index is 9.85. The molecule has 3 nitrogen and oxygen atoms in total. The van der Waals surface area contributed by atoms with Crippen LogP contribution < -0.4 is 5.32 Å². The fourth-order valence-corrected chi connectivity index (χ4v) is 4.26. The number of nitrogens with one attached hydrogen (secondary N) is 1. The van der Waals surface area contributed by atoms with Gasteiger partial charge in [-0.05, 0) is 11.1 Å². The normalized spacial score (nSPS) is 25.2. The number of oxime groups is 1. The highest BCUT2D eigenvalue weighted by atomic mass is 16.4. The van der Waals surface area contributed by atoms with E-state index in [0.29, 0.717) is 0 Å². The Labute approximate surface area is 144 Å². The first kappa shape index (κ1) is 16.7. The van der Waals surface area contributed by atoms with E-state index in [2.05, 4.69) is 86.7 Å². The zero-order valence-corrected chi connectivity index (χ0v) is 14.8. The van der Waals surface area contributed by atoms with Gasteiger partial charge in [-0.1, -0.05) is 93.5 Å². The zero-order valence-electron chi connectivity index (χ0n) is 14.8. The van der Waals surface area contributed by atoms with Gasteiger partial charge in [0.25, 0.3) is 0 Å². The van der Waals surface area contributed by atoms with Crippen molar-refractivity contribution in [3.63, 3.8) is 0 Å². The molecule has 0 spiro atoms. The van der Waals surface area contributed by atoms with Crippen LogP contribution in [-0.2, 0) is 0 Å². The Morgan fingerprint density at radius 2 is 1.12 bits per heavy atom. The molecule has 0 aromatic heterocycles. The Balaban J connectivity index is 2.12. The summed E-state index contributed by atoms with van der Waals surface area (Å²) in [5.41, 5.74) is 2.65. The summed E-state index contributed by atoms with van der Waals surface area (Å²) in [6.45, 7) is 8.59. The van der Waals surface area contributed by atoms with Gasteiger partial charge in [0.15, 0.2) is 0 Å². The van der Waals surface area contributed by atoms with Gasteiger partial charge in [0, 0.05) is 22.9 Å². The zero-order chi connectivity index (χ0) is 17.4. The molecule has 1 heterocycles. The molecule has 0 radical (unpaired) electrons. The Morgan fingerprint density at radius 3 is 1.46 bits per heavy atom. The predicted molar refractivity (Wildman–Crippen MR) is 98.3 cm³/mol.